The minimum absolute atomic E-state index is 0.0573. The number of benzene rings is 1. The molecule has 0 amide bonds. The molecule has 0 saturated heterocycles. The van der Waals surface area contributed by atoms with E-state index in [1.165, 1.54) is 12.1 Å². The minimum atomic E-state index is -4.33. The summed E-state index contributed by atoms with van der Waals surface area (Å²) in [5.74, 6) is 0.489. The van der Waals surface area contributed by atoms with Crippen molar-refractivity contribution in [1.82, 2.24) is 5.32 Å². The highest BCUT2D eigenvalue weighted by Crippen LogP contribution is 2.37. The van der Waals surface area contributed by atoms with Gasteiger partial charge in [0.2, 0.25) is 0 Å². The second-order valence-electron chi connectivity index (χ2n) is 5.43. The average Bonchev–Trinajstić information content (AvgIpc) is 3.21. The van der Waals surface area contributed by atoms with E-state index in [1.54, 1.807) is 13.0 Å². The molecule has 2 unspecified atom stereocenters. The molecule has 1 aromatic carbocycles. The summed E-state index contributed by atoms with van der Waals surface area (Å²) in [5.41, 5.74) is -0.317. The van der Waals surface area contributed by atoms with Crippen molar-refractivity contribution in [2.75, 3.05) is 6.61 Å². The Kier molecular flexibility index (Phi) is 4.70. The first-order valence-electron chi connectivity index (χ1n) is 6.96. The maximum Gasteiger partial charge on any atom is 0.416 e. The molecule has 0 aliphatic heterocycles. The number of aliphatic hydroxyl groups excluding tert-OH is 1. The van der Waals surface area contributed by atoms with E-state index >= 15 is 0 Å². The first-order chi connectivity index (χ1) is 9.43. The molecule has 1 aliphatic carbocycles. The third-order valence-electron chi connectivity index (χ3n) is 3.83. The van der Waals surface area contributed by atoms with Gasteiger partial charge in [0, 0.05) is 18.7 Å². The van der Waals surface area contributed by atoms with Crippen LogP contribution in [0.3, 0.4) is 0 Å². The van der Waals surface area contributed by atoms with Crippen LogP contribution >= 0.6 is 0 Å². The summed E-state index contributed by atoms with van der Waals surface area (Å²) in [6, 6.07) is 5.38. The monoisotopic (exact) mass is 287 g/mol. The Labute approximate surface area is 117 Å². The summed E-state index contributed by atoms with van der Waals surface area (Å²) in [6.07, 6.45) is -1.57. The van der Waals surface area contributed by atoms with E-state index in [2.05, 4.69) is 5.32 Å². The summed E-state index contributed by atoms with van der Waals surface area (Å²) in [5, 5.41) is 12.3. The first-order valence-corrected chi connectivity index (χ1v) is 6.96. The van der Waals surface area contributed by atoms with Crippen LogP contribution in [0.15, 0.2) is 24.3 Å². The predicted octanol–water partition coefficient (Wildman–Crippen LogP) is 3.52. The van der Waals surface area contributed by atoms with Gasteiger partial charge in [0.05, 0.1) is 5.56 Å². The second-order valence-corrected chi connectivity index (χ2v) is 5.43. The fourth-order valence-corrected chi connectivity index (χ4v) is 2.64. The van der Waals surface area contributed by atoms with Gasteiger partial charge >= 0.3 is 6.18 Å². The number of hydrogen-bond donors (Lipinski definition) is 2. The van der Waals surface area contributed by atoms with E-state index < -0.39 is 11.7 Å². The number of halogens is 3. The molecule has 1 fully saturated rings. The van der Waals surface area contributed by atoms with Crippen molar-refractivity contribution >= 4 is 0 Å². The Morgan fingerprint density at radius 3 is 2.50 bits per heavy atom. The Balaban J connectivity index is 2.14. The zero-order chi connectivity index (χ0) is 14.8. The maximum atomic E-state index is 13.0. The summed E-state index contributed by atoms with van der Waals surface area (Å²) >= 11 is 0. The summed E-state index contributed by atoms with van der Waals surface area (Å²) < 4.78 is 39.0. The Morgan fingerprint density at radius 2 is 1.95 bits per heavy atom. The van der Waals surface area contributed by atoms with Crippen molar-refractivity contribution in [3.63, 3.8) is 0 Å². The van der Waals surface area contributed by atoms with Crippen LogP contribution in [0.2, 0.25) is 0 Å². The van der Waals surface area contributed by atoms with Crippen LogP contribution in [0.1, 0.15) is 43.4 Å². The lowest BCUT2D eigenvalue weighted by Gasteiger charge is -2.25. The van der Waals surface area contributed by atoms with Crippen molar-refractivity contribution in [3.8, 4) is 0 Å². The molecule has 1 aromatic rings. The van der Waals surface area contributed by atoms with Crippen molar-refractivity contribution in [2.24, 2.45) is 5.92 Å². The van der Waals surface area contributed by atoms with Gasteiger partial charge in [-0.3, -0.25) is 0 Å². The van der Waals surface area contributed by atoms with Gasteiger partial charge in [-0.25, -0.2) is 0 Å². The predicted molar refractivity (Wildman–Crippen MR) is 71.2 cm³/mol. The molecule has 20 heavy (non-hydrogen) atoms. The molecule has 112 valence electrons. The summed E-state index contributed by atoms with van der Waals surface area (Å²) in [6.45, 7) is 1.80. The number of hydrogen-bond acceptors (Lipinski definition) is 2. The highest BCUT2D eigenvalue weighted by molar-refractivity contribution is 5.32. The zero-order valence-electron chi connectivity index (χ0n) is 11.5. The van der Waals surface area contributed by atoms with Gasteiger partial charge in [0.15, 0.2) is 0 Å². The van der Waals surface area contributed by atoms with Crippen LogP contribution in [0, 0.1) is 5.92 Å². The van der Waals surface area contributed by atoms with Gasteiger partial charge in [-0.05, 0) is 43.7 Å². The highest BCUT2D eigenvalue weighted by atomic mass is 19.4. The molecular weight excluding hydrogens is 267 g/mol. The molecule has 5 heteroatoms. The van der Waals surface area contributed by atoms with Gasteiger partial charge in [0.1, 0.15) is 0 Å². The van der Waals surface area contributed by atoms with E-state index in [1.807, 2.05) is 0 Å². The molecule has 2 nitrogen and oxygen atoms in total. The Bertz CT molecular complexity index is 443. The van der Waals surface area contributed by atoms with Crippen LogP contribution < -0.4 is 5.32 Å². The van der Waals surface area contributed by atoms with Crippen LogP contribution in [-0.4, -0.2) is 17.8 Å². The highest BCUT2D eigenvalue weighted by Gasteiger charge is 2.36. The molecular formula is C15H20F3NO. The molecule has 0 bridgehead atoms. The quantitative estimate of drug-likeness (QED) is 0.839. The second kappa shape index (κ2) is 6.14. The van der Waals surface area contributed by atoms with Gasteiger partial charge in [-0.2, -0.15) is 13.2 Å². The Hall–Kier alpha value is -1.07. The van der Waals surface area contributed by atoms with Crippen LogP contribution in [0.25, 0.3) is 0 Å². The van der Waals surface area contributed by atoms with Gasteiger partial charge < -0.3 is 10.4 Å². The van der Waals surface area contributed by atoms with Crippen molar-refractivity contribution in [3.05, 3.63) is 35.4 Å². The van der Waals surface area contributed by atoms with E-state index in [0.717, 1.165) is 18.9 Å². The van der Waals surface area contributed by atoms with E-state index in [4.69, 9.17) is 5.11 Å². The van der Waals surface area contributed by atoms with Crippen molar-refractivity contribution in [1.29, 1.82) is 0 Å². The zero-order valence-corrected chi connectivity index (χ0v) is 11.5. The molecule has 2 atom stereocenters. The topological polar surface area (TPSA) is 32.3 Å². The minimum Gasteiger partial charge on any atom is -0.396 e. The number of rotatable bonds is 6. The molecule has 1 aliphatic rings. The molecule has 0 spiro atoms. The van der Waals surface area contributed by atoms with Crippen LogP contribution in [0.5, 0.6) is 0 Å². The van der Waals surface area contributed by atoms with Crippen molar-refractivity contribution < 1.29 is 18.3 Å². The third kappa shape index (κ3) is 3.73. The molecule has 0 radical (unpaired) electrons. The lowest BCUT2D eigenvalue weighted by Crippen LogP contribution is -2.35. The van der Waals surface area contributed by atoms with Gasteiger partial charge in [-0.1, -0.05) is 18.2 Å². The lowest BCUT2D eigenvalue weighted by molar-refractivity contribution is -0.138. The normalized spacial score (nSPS) is 18.9. The van der Waals surface area contributed by atoms with Crippen LogP contribution in [-0.2, 0) is 6.18 Å². The standard InChI is InChI=1S/C15H20F3NO/c1-10(19-14(8-9-20)11-6-7-11)12-4-2-3-5-13(12)15(16,17)18/h2-5,10-11,14,19-20H,6-9H2,1H3. The fourth-order valence-electron chi connectivity index (χ4n) is 2.64. The number of alkyl halides is 3. The lowest BCUT2D eigenvalue weighted by atomic mass is 9.99. The fraction of sp³-hybridized carbons (Fsp3) is 0.600. The Morgan fingerprint density at radius 1 is 1.30 bits per heavy atom. The molecule has 0 heterocycles. The van der Waals surface area contributed by atoms with Crippen LogP contribution in [0.4, 0.5) is 13.2 Å². The molecule has 1 saturated carbocycles. The largest absolute Gasteiger partial charge is 0.416 e. The van der Waals surface area contributed by atoms with E-state index in [-0.39, 0.29) is 24.3 Å². The number of aliphatic hydroxyl groups is 1. The molecule has 2 N–H and O–H groups in total. The molecule has 2 rings (SSSR count). The summed E-state index contributed by atoms with van der Waals surface area (Å²) in [4.78, 5) is 0. The molecule has 0 aromatic heterocycles. The summed E-state index contributed by atoms with van der Waals surface area (Å²) in [7, 11) is 0. The number of nitrogens with one attached hydrogen (secondary N) is 1. The van der Waals surface area contributed by atoms with Gasteiger partial charge in [0.25, 0.3) is 0 Å². The van der Waals surface area contributed by atoms with Gasteiger partial charge in [-0.15, -0.1) is 0 Å². The maximum absolute atomic E-state index is 13.0. The smallest absolute Gasteiger partial charge is 0.396 e. The SMILES string of the molecule is CC(NC(CCO)C1CC1)c1ccccc1C(F)(F)F. The van der Waals surface area contributed by atoms with Crippen molar-refractivity contribution in [2.45, 2.75) is 44.4 Å². The van der Waals surface area contributed by atoms with E-state index in [9.17, 15) is 13.2 Å². The third-order valence-corrected chi connectivity index (χ3v) is 3.83. The average molecular weight is 287 g/mol. The van der Waals surface area contributed by atoms with E-state index in [0.29, 0.717) is 12.3 Å². The first kappa shape index (κ1) is 15.3.